The van der Waals surface area contributed by atoms with E-state index in [-0.39, 0.29) is 5.41 Å². The molecular weight excluding hydrogens is 735 g/mol. The van der Waals surface area contributed by atoms with E-state index >= 15 is 0 Å². The summed E-state index contributed by atoms with van der Waals surface area (Å²) >= 11 is 0. The Kier molecular flexibility index (Phi) is 8.49. The number of fused-ring (bicyclic) bond motifs is 13. The van der Waals surface area contributed by atoms with Crippen LogP contribution in [-0.4, -0.2) is 54.7 Å². The highest BCUT2D eigenvalue weighted by atomic mass is 16.5. The lowest BCUT2D eigenvalue weighted by molar-refractivity contribution is 0.122. The molecule has 4 unspecified atom stereocenters. The van der Waals surface area contributed by atoms with Crippen LogP contribution in [0.1, 0.15) is 53.5 Å². The van der Waals surface area contributed by atoms with Gasteiger partial charge in [-0.1, -0.05) is 67.1 Å². The van der Waals surface area contributed by atoms with Gasteiger partial charge in [-0.3, -0.25) is 0 Å². The summed E-state index contributed by atoms with van der Waals surface area (Å²) in [6.45, 7) is 2.91. The fraction of sp³-hybridized carbons (Fsp3) is 0.308. The minimum absolute atomic E-state index is 0.0769. The second kappa shape index (κ2) is 13.8. The van der Waals surface area contributed by atoms with E-state index in [9.17, 15) is 0 Å². The SMILES string of the molecule is COc1ccc(-c2cc3c4c(c5c(c3cc2OC)-c2ccccc2C52CC3CCC2C3)C=CC(c2ccc(OC)cc2)(c2ccc(OC)c(N3CCOCC3)c2)O4)cc1. The van der Waals surface area contributed by atoms with E-state index in [4.69, 9.17) is 28.4 Å². The monoisotopic (exact) mass is 783 g/mol. The normalized spacial score (nSPS) is 23.5. The molecule has 59 heavy (non-hydrogen) atoms. The number of ether oxygens (including phenoxy) is 6. The zero-order chi connectivity index (χ0) is 39.9. The maximum absolute atomic E-state index is 7.93. The molecule has 4 atom stereocenters. The summed E-state index contributed by atoms with van der Waals surface area (Å²) in [5.74, 6) is 5.46. The molecule has 298 valence electrons. The summed E-state index contributed by atoms with van der Waals surface area (Å²) in [5.41, 5.74) is 10.8. The van der Waals surface area contributed by atoms with Gasteiger partial charge in [0.15, 0.2) is 5.60 Å². The molecule has 0 radical (unpaired) electrons. The largest absolute Gasteiger partial charge is 0.497 e. The summed E-state index contributed by atoms with van der Waals surface area (Å²) < 4.78 is 37.2. The molecule has 2 heterocycles. The van der Waals surface area contributed by atoms with Gasteiger partial charge in [-0.15, -0.1) is 0 Å². The summed E-state index contributed by atoms with van der Waals surface area (Å²) in [4.78, 5) is 2.36. The summed E-state index contributed by atoms with van der Waals surface area (Å²) in [6, 6.07) is 36.9. The zero-order valence-electron chi connectivity index (χ0n) is 34.2. The highest BCUT2D eigenvalue weighted by Gasteiger charge is 2.58. The van der Waals surface area contributed by atoms with Gasteiger partial charge in [0, 0.05) is 46.1 Å². The van der Waals surface area contributed by atoms with Gasteiger partial charge < -0.3 is 33.3 Å². The third kappa shape index (κ3) is 5.29. The Morgan fingerprint density at radius 2 is 1.41 bits per heavy atom. The van der Waals surface area contributed by atoms with Crippen LogP contribution in [0.15, 0.2) is 109 Å². The van der Waals surface area contributed by atoms with E-state index in [2.05, 4.69) is 95.9 Å². The Morgan fingerprint density at radius 1 is 0.678 bits per heavy atom. The molecule has 0 aromatic heterocycles. The average Bonchev–Trinajstić information content (AvgIpc) is 4.01. The van der Waals surface area contributed by atoms with Crippen molar-refractivity contribution < 1.29 is 28.4 Å². The molecule has 7 nitrogen and oxygen atoms in total. The van der Waals surface area contributed by atoms with Crippen LogP contribution < -0.4 is 28.6 Å². The Labute approximate surface area is 346 Å². The van der Waals surface area contributed by atoms with Crippen molar-refractivity contribution in [1.82, 2.24) is 0 Å². The first-order valence-electron chi connectivity index (χ1n) is 21.0. The summed E-state index contributed by atoms with van der Waals surface area (Å²) in [7, 11) is 6.94. The van der Waals surface area contributed by atoms with E-state index in [1.165, 1.54) is 53.5 Å². The third-order valence-electron chi connectivity index (χ3n) is 14.2. The van der Waals surface area contributed by atoms with Crippen LogP contribution in [0.3, 0.4) is 0 Å². The number of hydrogen-bond acceptors (Lipinski definition) is 7. The molecule has 0 amide bonds. The quantitative estimate of drug-likeness (QED) is 0.152. The number of benzene rings is 6. The molecular formula is C52H49NO6. The molecule has 11 rings (SSSR count). The van der Waals surface area contributed by atoms with Gasteiger partial charge in [-0.05, 0) is 119 Å². The minimum atomic E-state index is -0.985. The van der Waals surface area contributed by atoms with Crippen molar-refractivity contribution in [3.05, 3.63) is 137 Å². The van der Waals surface area contributed by atoms with Crippen molar-refractivity contribution in [2.75, 3.05) is 59.6 Å². The first-order chi connectivity index (χ1) is 29.0. The lowest BCUT2D eigenvalue weighted by Gasteiger charge is -2.41. The maximum Gasteiger partial charge on any atom is 0.178 e. The number of anilines is 1. The highest BCUT2D eigenvalue weighted by molar-refractivity contribution is 6.10. The van der Waals surface area contributed by atoms with Crippen molar-refractivity contribution >= 4 is 22.5 Å². The maximum atomic E-state index is 7.93. The summed E-state index contributed by atoms with van der Waals surface area (Å²) in [5, 5.41) is 2.21. The number of nitrogens with zero attached hydrogens (tertiary/aromatic N) is 1. The zero-order valence-corrected chi connectivity index (χ0v) is 34.2. The van der Waals surface area contributed by atoms with Crippen molar-refractivity contribution in [3.8, 4) is 51.0 Å². The van der Waals surface area contributed by atoms with Gasteiger partial charge in [0.1, 0.15) is 28.7 Å². The van der Waals surface area contributed by atoms with E-state index < -0.39 is 5.60 Å². The molecule has 3 aliphatic carbocycles. The fourth-order valence-electron chi connectivity index (χ4n) is 11.6. The van der Waals surface area contributed by atoms with Crippen LogP contribution in [0.4, 0.5) is 5.69 Å². The van der Waals surface area contributed by atoms with E-state index in [0.29, 0.717) is 19.1 Å². The van der Waals surface area contributed by atoms with Crippen molar-refractivity contribution in [2.24, 2.45) is 11.8 Å². The summed E-state index contributed by atoms with van der Waals surface area (Å²) in [6.07, 6.45) is 9.72. The van der Waals surface area contributed by atoms with Crippen molar-refractivity contribution in [1.29, 1.82) is 0 Å². The highest BCUT2D eigenvalue weighted by Crippen LogP contribution is 2.69. The molecule has 1 saturated heterocycles. The van der Waals surface area contributed by atoms with E-state index in [1.807, 2.05) is 24.3 Å². The molecule has 3 fully saturated rings. The molecule has 2 bridgehead atoms. The van der Waals surface area contributed by atoms with Crippen LogP contribution >= 0.6 is 0 Å². The van der Waals surface area contributed by atoms with E-state index in [0.717, 1.165) is 86.5 Å². The lowest BCUT2D eigenvalue weighted by Crippen LogP contribution is -2.38. The van der Waals surface area contributed by atoms with Gasteiger partial charge in [-0.2, -0.15) is 0 Å². The Balaban J connectivity index is 1.21. The van der Waals surface area contributed by atoms with Crippen LogP contribution in [0.2, 0.25) is 0 Å². The molecule has 2 saturated carbocycles. The third-order valence-corrected chi connectivity index (χ3v) is 14.2. The smallest absolute Gasteiger partial charge is 0.178 e. The first-order valence-corrected chi connectivity index (χ1v) is 21.0. The topological polar surface area (TPSA) is 58.6 Å². The fourth-order valence-corrected chi connectivity index (χ4v) is 11.6. The van der Waals surface area contributed by atoms with Gasteiger partial charge in [0.2, 0.25) is 0 Å². The van der Waals surface area contributed by atoms with Gasteiger partial charge in [-0.25, -0.2) is 0 Å². The lowest BCUT2D eigenvalue weighted by atomic mass is 9.65. The molecule has 5 aliphatic rings. The Hall–Kier alpha value is -5.92. The first kappa shape index (κ1) is 36.2. The van der Waals surface area contributed by atoms with Gasteiger partial charge >= 0.3 is 0 Å². The van der Waals surface area contributed by atoms with Crippen molar-refractivity contribution in [2.45, 2.75) is 36.7 Å². The minimum Gasteiger partial charge on any atom is -0.497 e. The van der Waals surface area contributed by atoms with Crippen molar-refractivity contribution in [3.63, 3.8) is 0 Å². The molecule has 6 aromatic carbocycles. The number of rotatable bonds is 8. The van der Waals surface area contributed by atoms with Crippen LogP contribution in [0.5, 0.6) is 28.7 Å². The predicted octanol–water partition coefficient (Wildman–Crippen LogP) is 10.8. The molecule has 6 aromatic rings. The number of hydrogen-bond donors (Lipinski definition) is 0. The second-order valence-corrected chi connectivity index (χ2v) is 16.8. The standard InChI is InChI=1S/C52H49NO6/c1-54-37-16-10-33(11-17-37)41-29-43-42(30-47(41)57-4)48-39-7-5-6-8-44(39)51(31-32-9-12-35(51)27-32)49(48)40-21-22-52(59-50(40)43,34-13-18-38(55-2)19-14-34)36-15-20-46(56-3)45(28-36)53-23-25-58-26-24-53/h5-8,10-11,13-22,28-30,32,35H,9,12,23-27,31H2,1-4H3. The predicted molar refractivity (Wildman–Crippen MR) is 234 cm³/mol. The molecule has 1 spiro atoms. The van der Waals surface area contributed by atoms with Crippen LogP contribution in [0, 0.1) is 11.8 Å². The van der Waals surface area contributed by atoms with E-state index in [1.54, 1.807) is 28.4 Å². The van der Waals surface area contributed by atoms with Gasteiger partial charge in [0.05, 0.1) is 47.3 Å². The second-order valence-electron chi connectivity index (χ2n) is 16.8. The van der Waals surface area contributed by atoms with Crippen LogP contribution in [-0.2, 0) is 15.8 Å². The molecule has 2 aliphatic heterocycles. The molecule has 0 N–H and O–H groups in total. The number of methoxy groups -OCH3 is 4. The Morgan fingerprint density at radius 3 is 2.10 bits per heavy atom. The van der Waals surface area contributed by atoms with Gasteiger partial charge in [0.25, 0.3) is 0 Å². The molecule has 7 heteroatoms. The Bertz CT molecular complexity index is 2640. The van der Waals surface area contributed by atoms with Crippen LogP contribution in [0.25, 0.3) is 39.1 Å². The number of morpholine rings is 1. The average molecular weight is 784 g/mol.